The second-order valence-corrected chi connectivity index (χ2v) is 9.03. The van der Waals surface area contributed by atoms with Crippen LogP contribution in [0.2, 0.25) is 0 Å². The third-order valence-corrected chi connectivity index (χ3v) is 6.61. The van der Waals surface area contributed by atoms with Crippen LogP contribution in [0.5, 0.6) is 0 Å². The molecule has 5 heteroatoms. The van der Waals surface area contributed by atoms with Gasteiger partial charge < -0.3 is 4.90 Å². The Morgan fingerprint density at radius 3 is 1.98 bits per heavy atom. The van der Waals surface area contributed by atoms with Gasteiger partial charge in [0.25, 0.3) is 0 Å². The molecular weight excluding hydrogens is 490 g/mol. The lowest BCUT2D eigenvalue weighted by molar-refractivity contribution is 0.257. The van der Waals surface area contributed by atoms with Crippen LogP contribution in [0.15, 0.2) is 48.6 Å². The van der Waals surface area contributed by atoms with Crippen LogP contribution in [0.3, 0.4) is 0 Å². The number of aromatic nitrogens is 3. The highest BCUT2D eigenvalue weighted by Gasteiger charge is 2.23. The van der Waals surface area contributed by atoms with Crippen molar-refractivity contribution in [3.63, 3.8) is 0 Å². The molecule has 1 saturated heterocycles. The molecule has 1 aliphatic heterocycles. The van der Waals surface area contributed by atoms with Gasteiger partial charge in [-0.25, -0.2) is 4.98 Å². The summed E-state index contributed by atoms with van der Waals surface area (Å²) >= 11 is 0. The Balaban J connectivity index is 0.000000921. The standard InChI is InChI=1S/C27H33N5.4C2H6/c1-4-14-30-15-17-31(18-16-30)25-19-24(22-8-6-5-7-9-22)28-27-26(21(3)29-32(25)27)23-12-10-20(2)11-13-23;4*1-2/h6,8-13,19H,4-5,7,14-18H2,1-3H3;4*1-2H3. The molecule has 1 aromatic carbocycles. The third kappa shape index (κ3) is 8.79. The molecule has 40 heavy (non-hydrogen) atoms. The number of fused-ring (bicyclic) bond motifs is 1. The first-order chi connectivity index (χ1) is 19.6. The summed E-state index contributed by atoms with van der Waals surface area (Å²) in [7, 11) is 0. The normalized spacial score (nSPS) is 14.4. The Bertz CT molecular complexity index is 1160. The Labute approximate surface area is 246 Å². The van der Waals surface area contributed by atoms with E-state index < -0.39 is 0 Å². The Hall–Kier alpha value is -2.92. The van der Waals surface area contributed by atoms with Gasteiger partial charge in [0.05, 0.1) is 11.4 Å². The Morgan fingerprint density at radius 2 is 1.43 bits per heavy atom. The van der Waals surface area contributed by atoms with Gasteiger partial charge in [-0.2, -0.15) is 9.61 Å². The largest absolute Gasteiger partial charge is 0.354 e. The number of anilines is 1. The molecule has 3 aromatic rings. The monoisotopic (exact) mass is 547 g/mol. The van der Waals surface area contributed by atoms with Gasteiger partial charge in [-0.3, -0.25) is 4.90 Å². The third-order valence-electron chi connectivity index (χ3n) is 6.61. The van der Waals surface area contributed by atoms with Gasteiger partial charge in [-0.15, -0.1) is 0 Å². The second-order valence-electron chi connectivity index (χ2n) is 9.03. The zero-order valence-corrected chi connectivity index (χ0v) is 27.5. The van der Waals surface area contributed by atoms with Crippen LogP contribution in [-0.2, 0) is 0 Å². The zero-order chi connectivity index (χ0) is 30.1. The minimum absolute atomic E-state index is 0.953. The second kappa shape index (κ2) is 19.2. The molecule has 1 fully saturated rings. The number of aryl methyl sites for hydroxylation is 2. The molecule has 0 bridgehead atoms. The number of hydrogen-bond acceptors (Lipinski definition) is 4. The highest BCUT2D eigenvalue weighted by molar-refractivity contribution is 5.83. The maximum absolute atomic E-state index is 5.16. The van der Waals surface area contributed by atoms with Gasteiger partial charge in [0.2, 0.25) is 0 Å². The maximum Gasteiger partial charge on any atom is 0.166 e. The Kier molecular flexibility index (Phi) is 16.9. The van der Waals surface area contributed by atoms with E-state index in [1.54, 1.807) is 0 Å². The molecule has 0 amide bonds. The van der Waals surface area contributed by atoms with Crippen LogP contribution in [-0.4, -0.2) is 52.2 Å². The van der Waals surface area contributed by atoms with Gasteiger partial charge in [-0.1, -0.05) is 110 Å². The molecule has 0 spiro atoms. The first kappa shape index (κ1) is 35.1. The summed E-state index contributed by atoms with van der Waals surface area (Å²) in [4.78, 5) is 10.2. The molecule has 0 radical (unpaired) electrons. The highest BCUT2D eigenvalue weighted by atomic mass is 15.4. The van der Waals surface area contributed by atoms with Crippen molar-refractivity contribution >= 4 is 17.0 Å². The fraction of sp³-hybridized carbons (Fsp3) is 0.543. The van der Waals surface area contributed by atoms with Crippen LogP contribution in [0, 0.1) is 13.8 Å². The number of hydrogen-bond donors (Lipinski definition) is 0. The number of benzene rings is 1. The topological polar surface area (TPSA) is 36.7 Å². The molecule has 0 N–H and O–H groups in total. The maximum atomic E-state index is 5.16. The van der Waals surface area contributed by atoms with Crippen LogP contribution >= 0.6 is 0 Å². The van der Waals surface area contributed by atoms with Gasteiger partial charge in [-0.05, 0) is 50.8 Å². The lowest BCUT2D eigenvalue weighted by Crippen LogP contribution is -2.47. The molecule has 1 aliphatic carbocycles. The van der Waals surface area contributed by atoms with E-state index in [-0.39, 0.29) is 0 Å². The van der Waals surface area contributed by atoms with Crippen LogP contribution < -0.4 is 4.90 Å². The van der Waals surface area contributed by atoms with Crippen LogP contribution in [0.4, 0.5) is 5.82 Å². The number of rotatable bonds is 5. The van der Waals surface area contributed by atoms with E-state index in [0.717, 1.165) is 67.4 Å². The van der Waals surface area contributed by atoms with Gasteiger partial charge in [0.1, 0.15) is 5.82 Å². The summed E-state index contributed by atoms with van der Waals surface area (Å²) < 4.78 is 2.08. The average molecular weight is 548 g/mol. The van der Waals surface area contributed by atoms with Gasteiger partial charge in [0, 0.05) is 37.8 Å². The number of piperazine rings is 1. The molecule has 0 saturated carbocycles. The highest BCUT2D eigenvalue weighted by Crippen LogP contribution is 2.33. The van der Waals surface area contributed by atoms with Crippen molar-refractivity contribution in [3.8, 4) is 11.1 Å². The Morgan fingerprint density at radius 1 is 0.800 bits per heavy atom. The minimum atomic E-state index is 0.953. The molecule has 2 aliphatic rings. The fourth-order valence-corrected chi connectivity index (χ4v) is 4.86. The van der Waals surface area contributed by atoms with E-state index >= 15 is 0 Å². The SMILES string of the molecule is CC.CC.CC.CC.CCCN1CCN(c2cc(C3=CCCC=C3)nc3c(-c4ccc(C)cc4)c(C)nn23)CC1. The van der Waals surface area contributed by atoms with E-state index in [2.05, 4.69) is 83.6 Å². The number of nitrogens with zero attached hydrogens (tertiary/aromatic N) is 5. The van der Waals surface area contributed by atoms with E-state index in [4.69, 9.17) is 10.1 Å². The first-order valence-electron chi connectivity index (χ1n) is 16.0. The van der Waals surface area contributed by atoms with Crippen molar-refractivity contribution in [1.82, 2.24) is 19.5 Å². The summed E-state index contributed by atoms with van der Waals surface area (Å²) in [5.41, 5.74) is 7.83. The molecular formula is C35H57N5. The van der Waals surface area contributed by atoms with Crippen LogP contribution in [0.25, 0.3) is 22.3 Å². The van der Waals surface area contributed by atoms with Crippen molar-refractivity contribution in [2.24, 2.45) is 0 Å². The van der Waals surface area contributed by atoms with E-state index in [1.165, 1.54) is 29.7 Å². The first-order valence-corrected chi connectivity index (χ1v) is 16.0. The van der Waals surface area contributed by atoms with Crippen molar-refractivity contribution in [2.75, 3.05) is 37.6 Å². The molecule has 3 heterocycles. The predicted molar refractivity (Wildman–Crippen MR) is 179 cm³/mol. The lowest BCUT2D eigenvalue weighted by atomic mass is 10.0. The van der Waals surface area contributed by atoms with E-state index in [0.29, 0.717) is 0 Å². The predicted octanol–water partition coefficient (Wildman–Crippen LogP) is 9.38. The van der Waals surface area contributed by atoms with Crippen molar-refractivity contribution < 1.29 is 0 Å². The zero-order valence-electron chi connectivity index (χ0n) is 27.5. The van der Waals surface area contributed by atoms with Crippen molar-refractivity contribution in [1.29, 1.82) is 0 Å². The molecule has 5 rings (SSSR count). The average Bonchev–Trinajstić information content (AvgIpc) is 3.37. The molecule has 2 aromatic heterocycles. The van der Waals surface area contributed by atoms with Gasteiger partial charge >= 0.3 is 0 Å². The van der Waals surface area contributed by atoms with Gasteiger partial charge in [0.15, 0.2) is 5.65 Å². The molecule has 0 atom stereocenters. The molecule has 5 nitrogen and oxygen atoms in total. The lowest BCUT2D eigenvalue weighted by Gasteiger charge is -2.36. The molecule has 0 unspecified atom stereocenters. The smallest absolute Gasteiger partial charge is 0.166 e. The summed E-state index contributed by atoms with van der Waals surface area (Å²) in [6.07, 6.45) is 10.2. The molecule has 222 valence electrons. The summed E-state index contributed by atoms with van der Waals surface area (Å²) in [6.45, 7) is 27.9. The van der Waals surface area contributed by atoms with E-state index in [9.17, 15) is 0 Å². The summed E-state index contributed by atoms with van der Waals surface area (Å²) in [6, 6.07) is 11.0. The van der Waals surface area contributed by atoms with Crippen molar-refractivity contribution in [2.45, 2.75) is 95.4 Å². The number of allylic oxidation sites excluding steroid dienone is 4. The minimum Gasteiger partial charge on any atom is -0.354 e. The summed E-state index contributed by atoms with van der Waals surface area (Å²) in [5.74, 6) is 1.16. The van der Waals surface area contributed by atoms with Crippen LogP contribution in [0.1, 0.15) is 98.5 Å². The van der Waals surface area contributed by atoms with E-state index in [1.807, 2.05) is 55.4 Å². The quantitative estimate of drug-likeness (QED) is 0.319. The fourth-order valence-electron chi connectivity index (χ4n) is 4.86. The summed E-state index contributed by atoms with van der Waals surface area (Å²) in [5, 5.41) is 4.99. The van der Waals surface area contributed by atoms with Crippen molar-refractivity contribution in [3.05, 3.63) is 65.5 Å².